The van der Waals surface area contributed by atoms with E-state index in [0.29, 0.717) is 12.0 Å². The van der Waals surface area contributed by atoms with E-state index in [2.05, 4.69) is 49.4 Å². The summed E-state index contributed by atoms with van der Waals surface area (Å²) >= 11 is 0. The van der Waals surface area contributed by atoms with Gasteiger partial charge in [0.05, 0.1) is 0 Å². The fourth-order valence-corrected chi connectivity index (χ4v) is 3.30. The highest BCUT2D eigenvalue weighted by Gasteiger charge is 2.42. The predicted octanol–water partition coefficient (Wildman–Crippen LogP) is 3.26. The summed E-state index contributed by atoms with van der Waals surface area (Å²) in [5.74, 6) is 0.657. The number of nitrogens with zero attached hydrogens (tertiary/aromatic N) is 1. The average Bonchev–Trinajstić information content (AvgIpc) is 2.39. The molecular formula is C17H26N2. The average molecular weight is 258 g/mol. The van der Waals surface area contributed by atoms with Crippen LogP contribution in [0.2, 0.25) is 0 Å². The normalized spacial score (nSPS) is 27.2. The summed E-state index contributed by atoms with van der Waals surface area (Å²) in [7, 11) is 2.01. The molecule has 2 rings (SSSR count). The highest BCUT2D eigenvalue weighted by atomic mass is 15.2. The van der Waals surface area contributed by atoms with Gasteiger partial charge in [0.2, 0.25) is 0 Å². The van der Waals surface area contributed by atoms with Gasteiger partial charge in [-0.2, -0.15) is 0 Å². The van der Waals surface area contributed by atoms with E-state index >= 15 is 0 Å². The van der Waals surface area contributed by atoms with Gasteiger partial charge in [-0.1, -0.05) is 25.3 Å². The predicted molar refractivity (Wildman–Crippen MR) is 82.9 cm³/mol. The molecule has 1 fully saturated rings. The number of hydrogen-bond acceptors (Lipinski definition) is 2. The fraction of sp³-hybridized carbons (Fsp3) is 0.529. The van der Waals surface area contributed by atoms with Crippen molar-refractivity contribution in [2.75, 3.05) is 20.1 Å². The number of nitrogens with one attached hydrogen (secondary N) is 1. The van der Waals surface area contributed by atoms with Crippen LogP contribution in [0.5, 0.6) is 0 Å². The van der Waals surface area contributed by atoms with Crippen LogP contribution in [0.25, 0.3) is 0 Å². The van der Waals surface area contributed by atoms with Gasteiger partial charge in [-0.25, -0.2) is 0 Å². The first kappa shape index (κ1) is 14.1. The summed E-state index contributed by atoms with van der Waals surface area (Å²) in [4.78, 5) is 2.50. The molecule has 1 heterocycles. The first-order valence-corrected chi connectivity index (χ1v) is 7.26. The van der Waals surface area contributed by atoms with Crippen LogP contribution < -0.4 is 5.32 Å². The van der Waals surface area contributed by atoms with Crippen molar-refractivity contribution >= 4 is 0 Å². The standard InChI is InChI=1S/C17H26N2/c1-6-12(3)17-13(4)19(11-10-18-5)16-9-8-15(16)14(17)7-2/h6-7,15-16,18H,2,4,8-11H2,1,3,5H3. The van der Waals surface area contributed by atoms with E-state index in [1.54, 1.807) is 0 Å². The van der Waals surface area contributed by atoms with Crippen molar-refractivity contribution in [1.82, 2.24) is 10.2 Å². The van der Waals surface area contributed by atoms with E-state index in [0.717, 1.165) is 13.1 Å². The Balaban J connectivity index is 2.38. The van der Waals surface area contributed by atoms with Gasteiger partial charge in [-0.3, -0.25) is 0 Å². The highest BCUT2D eigenvalue weighted by molar-refractivity contribution is 5.54. The smallest absolute Gasteiger partial charge is 0.0375 e. The van der Waals surface area contributed by atoms with Crippen LogP contribution in [0.1, 0.15) is 26.7 Å². The molecule has 2 aliphatic rings. The molecule has 19 heavy (non-hydrogen) atoms. The van der Waals surface area contributed by atoms with Gasteiger partial charge in [-0.05, 0) is 44.9 Å². The van der Waals surface area contributed by atoms with E-state index in [1.807, 2.05) is 7.05 Å². The second-order valence-corrected chi connectivity index (χ2v) is 5.50. The second-order valence-electron chi connectivity index (χ2n) is 5.50. The van der Waals surface area contributed by atoms with Crippen molar-refractivity contribution in [3.8, 4) is 0 Å². The molecule has 0 aromatic carbocycles. The molecule has 104 valence electrons. The molecule has 0 aromatic rings. The Morgan fingerprint density at radius 1 is 1.47 bits per heavy atom. The van der Waals surface area contributed by atoms with Gasteiger partial charge in [0.1, 0.15) is 0 Å². The van der Waals surface area contributed by atoms with Crippen LogP contribution in [-0.4, -0.2) is 31.1 Å². The summed E-state index contributed by atoms with van der Waals surface area (Å²) in [6.07, 6.45) is 6.81. The lowest BCUT2D eigenvalue weighted by Gasteiger charge is -2.52. The fourth-order valence-electron chi connectivity index (χ4n) is 3.30. The highest BCUT2D eigenvalue weighted by Crippen LogP contribution is 2.47. The Hall–Kier alpha value is -1.28. The van der Waals surface area contributed by atoms with Crippen molar-refractivity contribution in [2.24, 2.45) is 5.92 Å². The molecule has 0 aromatic heterocycles. The molecular weight excluding hydrogens is 232 g/mol. The third kappa shape index (κ3) is 2.30. The van der Waals surface area contributed by atoms with Gasteiger partial charge in [-0.15, -0.1) is 0 Å². The number of fused-ring (bicyclic) bond motifs is 1. The SMILES string of the molecule is C=CC1=C(C(C)=CC)C(=C)N(CCNC)C2CCC12. The quantitative estimate of drug-likeness (QED) is 0.814. The molecule has 1 aliphatic carbocycles. The summed E-state index contributed by atoms with van der Waals surface area (Å²) in [6.45, 7) is 14.7. The Morgan fingerprint density at radius 3 is 2.68 bits per heavy atom. The monoisotopic (exact) mass is 258 g/mol. The Bertz CT molecular complexity index is 442. The topological polar surface area (TPSA) is 15.3 Å². The number of likely N-dealkylation sites (N-methyl/N-ethyl adjacent to an activating group) is 1. The second kappa shape index (κ2) is 5.79. The lowest BCUT2D eigenvalue weighted by molar-refractivity contribution is 0.108. The van der Waals surface area contributed by atoms with Crippen LogP contribution in [0.4, 0.5) is 0 Å². The Morgan fingerprint density at radius 2 is 2.21 bits per heavy atom. The van der Waals surface area contributed by atoms with E-state index in [4.69, 9.17) is 0 Å². The molecule has 2 unspecified atom stereocenters. The minimum absolute atomic E-state index is 0.641. The zero-order valence-corrected chi connectivity index (χ0v) is 12.5. The van der Waals surface area contributed by atoms with Crippen LogP contribution in [0.3, 0.4) is 0 Å². The maximum atomic E-state index is 4.37. The molecule has 0 saturated heterocycles. The molecule has 0 spiro atoms. The summed E-state index contributed by atoms with van der Waals surface area (Å²) in [5, 5.41) is 3.24. The molecule has 2 nitrogen and oxygen atoms in total. The minimum atomic E-state index is 0.641. The molecule has 1 saturated carbocycles. The van der Waals surface area contributed by atoms with Crippen molar-refractivity contribution < 1.29 is 0 Å². The first-order chi connectivity index (χ1) is 9.15. The molecule has 0 radical (unpaired) electrons. The van der Waals surface area contributed by atoms with Gasteiger partial charge in [0.25, 0.3) is 0 Å². The van der Waals surface area contributed by atoms with Crippen LogP contribution >= 0.6 is 0 Å². The van der Waals surface area contributed by atoms with Gasteiger partial charge >= 0.3 is 0 Å². The summed E-state index contributed by atoms with van der Waals surface area (Å²) in [6, 6.07) is 0.641. The zero-order valence-electron chi connectivity index (χ0n) is 12.5. The first-order valence-electron chi connectivity index (χ1n) is 7.26. The van der Waals surface area contributed by atoms with Crippen LogP contribution in [0, 0.1) is 5.92 Å². The maximum Gasteiger partial charge on any atom is 0.0375 e. The molecule has 0 bridgehead atoms. The van der Waals surface area contributed by atoms with E-state index in [-0.39, 0.29) is 0 Å². The van der Waals surface area contributed by atoms with E-state index in [9.17, 15) is 0 Å². The molecule has 0 amide bonds. The van der Waals surface area contributed by atoms with E-state index in [1.165, 1.54) is 35.3 Å². The Kier molecular flexibility index (Phi) is 4.31. The van der Waals surface area contributed by atoms with Crippen LogP contribution in [-0.2, 0) is 0 Å². The number of hydrogen-bond donors (Lipinski definition) is 1. The molecule has 1 aliphatic heterocycles. The van der Waals surface area contributed by atoms with Crippen molar-refractivity contribution in [2.45, 2.75) is 32.7 Å². The minimum Gasteiger partial charge on any atom is -0.367 e. The molecule has 1 N–H and O–H groups in total. The van der Waals surface area contributed by atoms with Gasteiger partial charge in [0, 0.05) is 36.3 Å². The van der Waals surface area contributed by atoms with Gasteiger partial charge < -0.3 is 10.2 Å². The molecule has 2 atom stereocenters. The molecule has 2 heteroatoms. The van der Waals surface area contributed by atoms with Crippen molar-refractivity contribution in [1.29, 1.82) is 0 Å². The summed E-state index contributed by atoms with van der Waals surface area (Å²) < 4.78 is 0. The Labute approximate surface area is 117 Å². The third-order valence-electron chi connectivity index (χ3n) is 4.61. The van der Waals surface area contributed by atoms with E-state index < -0.39 is 0 Å². The lowest BCUT2D eigenvalue weighted by Crippen LogP contribution is -2.52. The number of allylic oxidation sites excluding steroid dienone is 3. The number of rotatable bonds is 5. The van der Waals surface area contributed by atoms with Crippen molar-refractivity contribution in [3.05, 3.63) is 47.7 Å². The maximum absolute atomic E-state index is 4.37. The van der Waals surface area contributed by atoms with Crippen molar-refractivity contribution in [3.63, 3.8) is 0 Å². The van der Waals surface area contributed by atoms with Crippen LogP contribution in [0.15, 0.2) is 47.7 Å². The zero-order chi connectivity index (χ0) is 14.0. The lowest BCUT2D eigenvalue weighted by atomic mass is 9.68. The third-order valence-corrected chi connectivity index (χ3v) is 4.61. The van der Waals surface area contributed by atoms with Gasteiger partial charge in [0.15, 0.2) is 0 Å². The largest absolute Gasteiger partial charge is 0.367 e. The summed E-state index contributed by atoms with van der Waals surface area (Å²) in [5.41, 5.74) is 5.24.